The van der Waals surface area contributed by atoms with E-state index in [1.165, 1.54) is 0 Å². The van der Waals surface area contributed by atoms with Crippen molar-refractivity contribution in [1.82, 2.24) is 0 Å². The minimum absolute atomic E-state index is 0.291. The van der Waals surface area contributed by atoms with Gasteiger partial charge in [-0.1, -0.05) is 44.0 Å². The lowest BCUT2D eigenvalue weighted by atomic mass is 10.1. The van der Waals surface area contributed by atoms with E-state index in [-0.39, 0.29) is 0 Å². The lowest BCUT2D eigenvalue weighted by Gasteiger charge is -2.21. The summed E-state index contributed by atoms with van der Waals surface area (Å²) in [6.07, 6.45) is 0. The Morgan fingerprint density at radius 3 is 2.30 bits per heavy atom. The number of rotatable bonds is 4. The third kappa shape index (κ3) is 3.61. The van der Waals surface area contributed by atoms with E-state index in [0.717, 1.165) is 14.5 Å². The second-order valence-electron chi connectivity index (χ2n) is 4.45. The number of anilines is 1. The van der Waals surface area contributed by atoms with Crippen molar-refractivity contribution in [2.45, 2.75) is 6.54 Å². The van der Waals surface area contributed by atoms with Gasteiger partial charge in [0.25, 0.3) is 0 Å². The van der Waals surface area contributed by atoms with Gasteiger partial charge in [-0.2, -0.15) is 0 Å². The van der Waals surface area contributed by atoms with E-state index in [1.807, 2.05) is 48.3 Å². The molecule has 0 amide bonds. The first-order valence-corrected chi connectivity index (χ1v) is 7.54. The van der Waals surface area contributed by atoms with E-state index >= 15 is 0 Å². The molecule has 20 heavy (non-hydrogen) atoms. The van der Waals surface area contributed by atoms with Gasteiger partial charge < -0.3 is 10.0 Å². The predicted octanol–water partition coefficient (Wildman–Crippen LogP) is 4.55. The molecule has 2 aromatic rings. The van der Waals surface area contributed by atoms with Gasteiger partial charge in [0.2, 0.25) is 0 Å². The zero-order chi connectivity index (χ0) is 14.7. The van der Waals surface area contributed by atoms with Gasteiger partial charge in [-0.3, -0.25) is 0 Å². The van der Waals surface area contributed by atoms with Crippen LogP contribution in [0.15, 0.2) is 51.4 Å². The van der Waals surface area contributed by atoms with Gasteiger partial charge in [-0.25, -0.2) is 4.79 Å². The van der Waals surface area contributed by atoms with Gasteiger partial charge >= 0.3 is 5.97 Å². The van der Waals surface area contributed by atoms with Crippen molar-refractivity contribution in [1.29, 1.82) is 0 Å². The normalized spacial score (nSPS) is 10.3. The summed E-state index contributed by atoms with van der Waals surface area (Å²) < 4.78 is 1.79. The van der Waals surface area contributed by atoms with Crippen LogP contribution in [0.3, 0.4) is 0 Å². The first-order chi connectivity index (χ1) is 9.47. The van der Waals surface area contributed by atoms with Crippen molar-refractivity contribution >= 4 is 43.5 Å². The molecule has 0 aliphatic carbocycles. The molecule has 1 N–H and O–H groups in total. The summed E-state index contributed by atoms with van der Waals surface area (Å²) >= 11 is 6.70. The number of carbonyl (C=O) groups is 1. The quantitative estimate of drug-likeness (QED) is 0.821. The standard InChI is InChI=1S/C15H13Br2NO2/c1-18(9-10-2-4-11(16)5-3-10)14-7-6-12(17)8-13(14)15(19)20/h2-8H,9H2,1H3,(H,19,20). The summed E-state index contributed by atoms with van der Waals surface area (Å²) in [6.45, 7) is 0.648. The van der Waals surface area contributed by atoms with Gasteiger partial charge in [0.15, 0.2) is 0 Å². The molecule has 0 aliphatic heterocycles. The minimum atomic E-state index is -0.927. The maximum Gasteiger partial charge on any atom is 0.337 e. The number of nitrogens with zero attached hydrogens (tertiary/aromatic N) is 1. The van der Waals surface area contributed by atoms with Gasteiger partial charge in [-0.15, -0.1) is 0 Å². The van der Waals surface area contributed by atoms with E-state index in [4.69, 9.17) is 0 Å². The number of carboxylic acid groups (broad SMARTS) is 1. The molecule has 0 aromatic heterocycles. The summed E-state index contributed by atoms with van der Waals surface area (Å²) in [5.74, 6) is -0.927. The highest BCUT2D eigenvalue weighted by Crippen LogP contribution is 2.25. The number of hydrogen-bond donors (Lipinski definition) is 1. The van der Waals surface area contributed by atoms with Crippen molar-refractivity contribution in [3.63, 3.8) is 0 Å². The topological polar surface area (TPSA) is 40.5 Å². The van der Waals surface area contributed by atoms with E-state index in [0.29, 0.717) is 17.8 Å². The minimum Gasteiger partial charge on any atom is -0.478 e. The Hall–Kier alpha value is -1.33. The number of benzene rings is 2. The Kier molecular flexibility index (Phi) is 4.83. The van der Waals surface area contributed by atoms with Crippen LogP contribution in [-0.2, 0) is 6.54 Å². The highest BCUT2D eigenvalue weighted by Gasteiger charge is 2.14. The molecule has 0 unspecified atom stereocenters. The average Bonchev–Trinajstić information content (AvgIpc) is 2.41. The molecule has 0 spiro atoms. The molecule has 0 atom stereocenters. The molecule has 3 nitrogen and oxygen atoms in total. The highest BCUT2D eigenvalue weighted by molar-refractivity contribution is 9.10. The number of hydrogen-bond acceptors (Lipinski definition) is 2. The van der Waals surface area contributed by atoms with Crippen molar-refractivity contribution < 1.29 is 9.90 Å². The van der Waals surface area contributed by atoms with Crippen molar-refractivity contribution in [3.05, 3.63) is 62.5 Å². The fourth-order valence-corrected chi connectivity index (χ4v) is 2.59. The SMILES string of the molecule is CN(Cc1ccc(Br)cc1)c1ccc(Br)cc1C(=O)O. The molecule has 0 saturated carbocycles. The molecule has 0 fully saturated rings. The molecule has 0 bridgehead atoms. The number of halogens is 2. The molecule has 0 radical (unpaired) electrons. The second kappa shape index (κ2) is 6.41. The summed E-state index contributed by atoms with van der Waals surface area (Å²) in [4.78, 5) is 13.3. The lowest BCUT2D eigenvalue weighted by Crippen LogP contribution is -2.19. The van der Waals surface area contributed by atoms with Crippen LogP contribution < -0.4 is 4.90 Å². The van der Waals surface area contributed by atoms with Crippen LogP contribution in [0.1, 0.15) is 15.9 Å². The molecule has 104 valence electrons. The smallest absolute Gasteiger partial charge is 0.337 e. The second-order valence-corrected chi connectivity index (χ2v) is 6.28. The first kappa shape index (κ1) is 15.1. The van der Waals surface area contributed by atoms with E-state index in [1.54, 1.807) is 6.07 Å². The molecular formula is C15H13Br2NO2. The highest BCUT2D eigenvalue weighted by atomic mass is 79.9. The van der Waals surface area contributed by atoms with Crippen molar-refractivity contribution in [2.75, 3.05) is 11.9 Å². The van der Waals surface area contributed by atoms with Crippen molar-refractivity contribution in [3.8, 4) is 0 Å². The Morgan fingerprint density at radius 2 is 1.70 bits per heavy atom. The van der Waals surface area contributed by atoms with Crippen molar-refractivity contribution in [2.24, 2.45) is 0 Å². The van der Waals surface area contributed by atoms with Gasteiger partial charge in [0.1, 0.15) is 0 Å². The monoisotopic (exact) mass is 397 g/mol. The Balaban J connectivity index is 2.27. The van der Waals surface area contributed by atoms with E-state index in [2.05, 4.69) is 31.9 Å². The summed E-state index contributed by atoms with van der Waals surface area (Å²) in [5.41, 5.74) is 2.11. The molecule has 2 rings (SSSR count). The summed E-state index contributed by atoms with van der Waals surface area (Å²) in [6, 6.07) is 13.3. The molecule has 0 aliphatic rings. The fourth-order valence-electron chi connectivity index (χ4n) is 1.96. The lowest BCUT2D eigenvalue weighted by molar-refractivity contribution is 0.0697. The Bertz CT molecular complexity index is 626. The molecule has 2 aromatic carbocycles. The Morgan fingerprint density at radius 1 is 1.10 bits per heavy atom. The zero-order valence-electron chi connectivity index (χ0n) is 10.8. The molecular weight excluding hydrogens is 386 g/mol. The van der Waals surface area contributed by atoms with Gasteiger partial charge in [-0.05, 0) is 35.9 Å². The van der Waals surface area contributed by atoms with Gasteiger partial charge in [0.05, 0.1) is 11.3 Å². The number of aromatic carboxylic acids is 1. The predicted molar refractivity (Wildman–Crippen MR) is 87.4 cm³/mol. The van der Waals surface area contributed by atoms with Crippen LogP contribution in [0.25, 0.3) is 0 Å². The molecule has 5 heteroatoms. The maximum atomic E-state index is 11.3. The van der Waals surface area contributed by atoms with Crippen LogP contribution >= 0.6 is 31.9 Å². The Labute approximate surface area is 134 Å². The fraction of sp³-hybridized carbons (Fsp3) is 0.133. The average molecular weight is 399 g/mol. The van der Waals surface area contributed by atoms with Crippen LogP contribution in [0.4, 0.5) is 5.69 Å². The molecule has 0 heterocycles. The molecule has 0 saturated heterocycles. The number of carboxylic acids is 1. The summed E-state index contributed by atoms with van der Waals surface area (Å²) in [7, 11) is 1.89. The van der Waals surface area contributed by atoms with Crippen LogP contribution in [-0.4, -0.2) is 18.1 Å². The van der Waals surface area contributed by atoms with Gasteiger partial charge in [0, 0.05) is 22.5 Å². The van der Waals surface area contributed by atoms with E-state index < -0.39 is 5.97 Å². The third-order valence-corrected chi connectivity index (χ3v) is 3.96. The van der Waals surface area contributed by atoms with E-state index in [9.17, 15) is 9.90 Å². The van der Waals surface area contributed by atoms with Crippen LogP contribution in [0.5, 0.6) is 0 Å². The third-order valence-electron chi connectivity index (χ3n) is 2.93. The summed E-state index contributed by atoms with van der Waals surface area (Å²) in [5, 5.41) is 9.29. The van der Waals surface area contributed by atoms with Crippen LogP contribution in [0.2, 0.25) is 0 Å². The first-order valence-electron chi connectivity index (χ1n) is 5.96. The maximum absolute atomic E-state index is 11.3. The zero-order valence-corrected chi connectivity index (χ0v) is 14.0. The largest absolute Gasteiger partial charge is 0.478 e. The van der Waals surface area contributed by atoms with Crippen LogP contribution in [0, 0.1) is 0 Å².